The number of carbonyl (C=O) groups excluding carboxylic acids is 2. The molecule has 5 N–H and O–H groups in total. The summed E-state index contributed by atoms with van der Waals surface area (Å²) in [6.07, 6.45) is 0. The lowest BCUT2D eigenvalue weighted by Crippen LogP contribution is -2.36. The predicted molar refractivity (Wildman–Crippen MR) is 59.3 cm³/mol. The number of nitrogens with one attached hydrogen (secondary N) is 1. The molecule has 1 rings (SSSR count). The Balaban J connectivity index is 2.47. The van der Waals surface area contributed by atoms with Crippen molar-refractivity contribution in [3.63, 3.8) is 0 Å². The highest BCUT2D eigenvalue weighted by molar-refractivity contribution is 8.00. The maximum atomic E-state index is 11.1. The van der Waals surface area contributed by atoms with E-state index in [-0.39, 0.29) is 5.75 Å². The van der Waals surface area contributed by atoms with Gasteiger partial charge in [0.2, 0.25) is 5.91 Å². The Hall–Kier alpha value is -1.69. The van der Waals surface area contributed by atoms with E-state index in [1.807, 2.05) is 17.4 Å². The fraction of sp³-hybridized carbons (Fsp3) is 0.111. The number of benzene rings is 1. The van der Waals surface area contributed by atoms with E-state index in [4.69, 9.17) is 11.5 Å². The number of anilines is 1. The number of amides is 3. The smallest absolute Gasteiger partial charge is 0.318 e. The molecule has 0 saturated heterocycles. The third-order valence-corrected chi connectivity index (χ3v) is 2.63. The molecule has 0 aliphatic rings. The van der Waals surface area contributed by atoms with Crippen molar-refractivity contribution in [3.8, 4) is 0 Å². The van der Waals surface area contributed by atoms with Gasteiger partial charge in [0.05, 0.1) is 5.75 Å². The molecule has 0 saturated carbocycles. The molecule has 6 heteroatoms. The van der Waals surface area contributed by atoms with Crippen molar-refractivity contribution < 1.29 is 9.59 Å². The molecule has 0 spiro atoms. The fourth-order valence-corrected chi connectivity index (χ4v) is 1.70. The quantitative estimate of drug-likeness (QED) is 0.517. The van der Waals surface area contributed by atoms with Crippen LogP contribution in [0.1, 0.15) is 0 Å². The Morgan fingerprint density at radius 1 is 1.33 bits per heavy atom. The first kappa shape index (κ1) is 11.4. The number of hydrogen-bond donors (Lipinski definition) is 3. The first-order chi connectivity index (χ1) is 7.09. The minimum Gasteiger partial charge on any atom is -0.398 e. The summed E-state index contributed by atoms with van der Waals surface area (Å²) < 4.78 is 0. The average Bonchev–Trinajstić information content (AvgIpc) is 2.15. The molecule has 0 unspecified atom stereocenters. The van der Waals surface area contributed by atoms with Gasteiger partial charge < -0.3 is 11.5 Å². The van der Waals surface area contributed by atoms with Gasteiger partial charge >= 0.3 is 6.03 Å². The van der Waals surface area contributed by atoms with Crippen molar-refractivity contribution in [1.29, 1.82) is 0 Å². The van der Waals surface area contributed by atoms with Crippen LogP contribution in [0.2, 0.25) is 0 Å². The van der Waals surface area contributed by atoms with Gasteiger partial charge in [0.1, 0.15) is 0 Å². The number of primary amides is 1. The second kappa shape index (κ2) is 5.26. The number of nitrogen functional groups attached to an aromatic ring is 1. The molecule has 0 radical (unpaired) electrons. The van der Waals surface area contributed by atoms with Crippen molar-refractivity contribution in [2.45, 2.75) is 4.90 Å². The molecule has 0 atom stereocenters. The summed E-state index contributed by atoms with van der Waals surface area (Å²) in [6, 6.07) is 6.33. The molecule has 0 fully saturated rings. The first-order valence-electron chi connectivity index (χ1n) is 4.16. The zero-order valence-corrected chi connectivity index (χ0v) is 8.71. The fourth-order valence-electron chi connectivity index (χ4n) is 0.929. The van der Waals surface area contributed by atoms with E-state index >= 15 is 0 Å². The molecular weight excluding hydrogens is 214 g/mol. The van der Waals surface area contributed by atoms with Crippen molar-refractivity contribution in [2.24, 2.45) is 5.73 Å². The molecule has 0 bridgehead atoms. The second-order valence-corrected chi connectivity index (χ2v) is 3.76. The summed E-state index contributed by atoms with van der Waals surface area (Å²) in [7, 11) is 0. The van der Waals surface area contributed by atoms with E-state index in [2.05, 4.69) is 0 Å². The lowest BCUT2D eigenvalue weighted by Gasteiger charge is -2.03. The Labute approximate surface area is 91.2 Å². The molecule has 3 amide bonds. The Morgan fingerprint density at radius 3 is 2.60 bits per heavy atom. The van der Waals surface area contributed by atoms with Gasteiger partial charge in [-0.15, -0.1) is 11.8 Å². The number of carbonyl (C=O) groups is 2. The highest BCUT2D eigenvalue weighted by Crippen LogP contribution is 2.23. The number of para-hydroxylation sites is 1. The summed E-state index contributed by atoms with van der Waals surface area (Å²) in [5, 5.41) is 1.97. The predicted octanol–water partition coefficient (Wildman–Crippen LogP) is 0.556. The van der Waals surface area contributed by atoms with Crippen LogP contribution in [0.15, 0.2) is 29.2 Å². The molecule has 5 nitrogen and oxygen atoms in total. The summed E-state index contributed by atoms with van der Waals surface area (Å²) in [6.45, 7) is 0. The standard InChI is InChI=1S/C9H11N3O2S/c10-6-3-1-2-4-7(6)15-5-8(13)12-9(11)14/h1-4H,5,10H2,(H3,11,12,13,14). The molecule has 0 aromatic heterocycles. The van der Waals surface area contributed by atoms with E-state index in [0.29, 0.717) is 5.69 Å². The van der Waals surface area contributed by atoms with E-state index in [0.717, 1.165) is 4.90 Å². The largest absolute Gasteiger partial charge is 0.398 e. The van der Waals surface area contributed by atoms with Crippen LogP contribution in [0.4, 0.5) is 10.5 Å². The van der Waals surface area contributed by atoms with Gasteiger partial charge in [-0.25, -0.2) is 4.79 Å². The molecule has 15 heavy (non-hydrogen) atoms. The van der Waals surface area contributed by atoms with Crippen molar-refractivity contribution in [1.82, 2.24) is 5.32 Å². The van der Waals surface area contributed by atoms with Crippen molar-refractivity contribution in [2.75, 3.05) is 11.5 Å². The molecule has 0 aliphatic carbocycles. The maximum absolute atomic E-state index is 11.1. The van der Waals surface area contributed by atoms with Crippen LogP contribution < -0.4 is 16.8 Å². The van der Waals surface area contributed by atoms with Crippen LogP contribution in [-0.2, 0) is 4.79 Å². The summed E-state index contributed by atoms with van der Waals surface area (Å²) in [4.78, 5) is 22.2. The molecular formula is C9H11N3O2S. The van der Waals surface area contributed by atoms with E-state index in [1.54, 1.807) is 12.1 Å². The number of thioether (sulfide) groups is 1. The Morgan fingerprint density at radius 2 is 2.00 bits per heavy atom. The number of nitrogens with two attached hydrogens (primary N) is 2. The highest BCUT2D eigenvalue weighted by Gasteiger charge is 2.06. The van der Waals surface area contributed by atoms with Crippen LogP contribution in [0, 0.1) is 0 Å². The van der Waals surface area contributed by atoms with Gasteiger partial charge in [0.25, 0.3) is 0 Å². The summed E-state index contributed by atoms with van der Waals surface area (Å²) in [5.41, 5.74) is 11.1. The average molecular weight is 225 g/mol. The summed E-state index contributed by atoms with van der Waals surface area (Å²) >= 11 is 1.25. The third kappa shape index (κ3) is 3.90. The van der Waals surface area contributed by atoms with Crippen LogP contribution in [0.5, 0.6) is 0 Å². The Kier molecular flexibility index (Phi) is 3.99. The number of imide groups is 1. The second-order valence-electron chi connectivity index (χ2n) is 2.74. The van der Waals surface area contributed by atoms with E-state index < -0.39 is 11.9 Å². The normalized spacial score (nSPS) is 9.60. The SMILES string of the molecule is NC(=O)NC(=O)CSc1ccccc1N. The van der Waals surface area contributed by atoms with Gasteiger partial charge in [-0.2, -0.15) is 0 Å². The van der Waals surface area contributed by atoms with Crippen molar-refractivity contribution in [3.05, 3.63) is 24.3 Å². The van der Waals surface area contributed by atoms with Crippen LogP contribution in [0.25, 0.3) is 0 Å². The maximum Gasteiger partial charge on any atom is 0.318 e. The topological polar surface area (TPSA) is 98.2 Å². The van der Waals surface area contributed by atoms with Gasteiger partial charge in [-0.05, 0) is 12.1 Å². The van der Waals surface area contributed by atoms with Gasteiger partial charge in [-0.3, -0.25) is 10.1 Å². The molecule has 80 valence electrons. The number of rotatable bonds is 3. The van der Waals surface area contributed by atoms with Crippen LogP contribution >= 0.6 is 11.8 Å². The van der Waals surface area contributed by atoms with Gasteiger partial charge in [-0.1, -0.05) is 12.1 Å². The van der Waals surface area contributed by atoms with Crippen LogP contribution in [0.3, 0.4) is 0 Å². The molecule has 0 aliphatic heterocycles. The molecule has 1 aromatic rings. The van der Waals surface area contributed by atoms with Crippen LogP contribution in [-0.4, -0.2) is 17.7 Å². The monoisotopic (exact) mass is 225 g/mol. The van der Waals surface area contributed by atoms with Crippen molar-refractivity contribution >= 4 is 29.4 Å². The van der Waals surface area contributed by atoms with E-state index in [9.17, 15) is 9.59 Å². The molecule has 0 heterocycles. The third-order valence-electron chi connectivity index (χ3n) is 1.54. The zero-order chi connectivity index (χ0) is 11.3. The summed E-state index contributed by atoms with van der Waals surface area (Å²) in [5.74, 6) is -0.326. The first-order valence-corrected chi connectivity index (χ1v) is 5.14. The number of hydrogen-bond acceptors (Lipinski definition) is 4. The zero-order valence-electron chi connectivity index (χ0n) is 7.90. The lowest BCUT2D eigenvalue weighted by molar-refractivity contribution is -0.117. The number of urea groups is 1. The van der Waals surface area contributed by atoms with Gasteiger partial charge in [0.15, 0.2) is 0 Å². The van der Waals surface area contributed by atoms with E-state index in [1.165, 1.54) is 11.8 Å². The highest BCUT2D eigenvalue weighted by atomic mass is 32.2. The lowest BCUT2D eigenvalue weighted by atomic mass is 10.3. The van der Waals surface area contributed by atoms with Gasteiger partial charge in [0, 0.05) is 10.6 Å². The Bertz CT molecular complexity index is 381. The molecule has 1 aromatic carbocycles. The minimum absolute atomic E-state index is 0.108. The minimum atomic E-state index is -0.846.